The van der Waals surface area contributed by atoms with Gasteiger partial charge in [0, 0.05) is 24.7 Å². The van der Waals surface area contributed by atoms with Crippen molar-refractivity contribution in [3.8, 4) is 11.5 Å². The molecule has 104 valence electrons. The Labute approximate surface area is 111 Å². The molecule has 1 unspecified atom stereocenters. The van der Waals surface area contributed by atoms with Gasteiger partial charge in [-0.2, -0.15) is 0 Å². The molecule has 0 radical (unpaired) electrons. The van der Waals surface area contributed by atoms with Gasteiger partial charge in [-0.05, 0) is 18.9 Å². The molecule has 1 aromatic rings. The van der Waals surface area contributed by atoms with Gasteiger partial charge in [-0.15, -0.1) is 0 Å². The number of hydrogen-bond acceptors (Lipinski definition) is 4. The molecule has 0 aromatic heterocycles. The summed E-state index contributed by atoms with van der Waals surface area (Å²) in [6.07, 6.45) is 2.13. The Bertz CT molecular complexity index is 456. The summed E-state index contributed by atoms with van der Waals surface area (Å²) in [6.45, 7) is 2.10. The van der Waals surface area contributed by atoms with Crippen molar-refractivity contribution in [1.29, 1.82) is 0 Å². The second kappa shape index (κ2) is 5.35. The van der Waals surface area contributed by atoms with Crippen LogP contribution in [-0.2, 0) is 4.74 Å². The molecular weight excluding hydrogens is 249 g/mol. The molecule has 0 spiro atoms. The van der Waals surface area contributed by atoms with Crippen LogP contribution in [0, 0.1) is 5.82 Å². The average molecular weight is 267 g/mol. The Kier molecular flexibility index (Phi) is 3.57. The second-order valence-electron chi connectivity index (χ2n) is 4.91. The number of benzene rings is 1. The van der Waals surface area contributed by atoms with Gasteiger partial charge in [0.05, 0.1) is 25.9 Å². The lowest BCUT2D eigenvalue weighted by molar-refractivity contribution is 0.0253. The van der Waals surface area contributed by atoms with Crippen molar-refractivity contribution in [2.75, 3.05) is 26.8 Å². The van der Waals surface area contributed by atoms with Crippen LogP contribution in [0.15, 0.2) is 12.1 Å². The van der Waals surface area contributed by atoms with Gasteiger partial charge in [-0.1, -0.05) is 0 Å². The molecule has 2 aliphatic rings. The number of ether oxygens (including phenoxy) is 3. The largest absolute Gasteiger partial charge is 0.493 e. The van der Waals surface area contributed by atoms with Crippen molar-refractivity contribution < 1.29 is 18.6 Å². The van der Waals surface area contributed by atoms with Gasteiger partial charge in [0.15, 0.2) is 11.5 Å². The van der Waals surface area contributed by atoms with Gasteiger partial charge < -0.3 is 19.5 Å². The third-order valence-corrected chi connectivity index (χ3v) is 3.35. The Hall–Kier alpha value is -1.33. The minimum atomic E-state index is -0.329. The first-order valence-electron chi connectivity index (χ1n) is 6.64. The zero-order chi connectivity index (χ0) is 13.2. The van der Waals surface area contributed by atoms with E-state index in [4.69, 9.17) is 14.2 Å². The van der Waals surface area contributed by atoms with Crippen LogP contribution in [0.3, 0.4) is 0 Å². The van der Waals surface area contributed by atoms with E-state index in [-0.39, 0.29) is 18.0 Å². The number of hydrogen-bond donors (Lipinski definition) is 1. The van der Waals surface area contributed by atoms with Crippen molar-refractivity contribution in [2.24, 2.45) is 0 Å². The summed E-state index contributed by atoms with van der Waals surface area (Å²) in [7, 11) is 1.53. The first kappa shape index (κ1) is 12.7. The van der Waals surface area contributed by atoms with E-state index >= 15 is 0 Å². The van der Waals surface area contributed by atoms with Gasteiger partial charge in [-0.3, -0.25) is 0 Å². The molecule has 2 fully saturated rings. The van der Waals surface area contributed by atoms with E-state index in [2.05, 4.69) is 5.32 Å². The third-order valence-electron chi connectivity index (χ3n) is 3.35. The summed E-state index contributed by atoms with van der Waals surface area (Å²) >= 11 is 0. The minimum Gasteiger partial charge on any atom is -0.493 e. The summed E-state index contributed by atoms with van der Waals surface area (Å²) in [5.41, 5.74) is 0.732. The van der Waals surface area contributed by atoms with E-state index in [0.29, 0.717) is 24.7 Å². The van der Waals surface area contributed by atoms with Crippen LogP contribution < -0.4 is 14.8 Å². The van der Waals surface area contributed by atoms with Gasteiger partial charge >= 0.3 is 0 Å². The fraction of sp³-hybridized carbons (Fsp3) is 0.571. The fourth-order valence-corrected chi connectivity index (χ4v) is 2.22. The van der Waals surface area contributed by atoms with Crippen molar-refractivity contribution in [3.63, 3.8) is 0 Å². The molecule has 1 heterocycles. The van der Waals surface area contributed by atoms with Crippen molar-refractivity contribution in [2.45, 2.75) is 25.0 Å². The highest BCUT2D eigenvalue weighted by atomic mass is 19.1. The van der Waals surface area contributed by atoms with Crippen LogP contribution in [-0.4, -0.2) is 32.9 Å². The molecule has 1 aliphatic carbocycles. The van der Waals surface area contributed by atoms with Gasteiger partial charge in [-0.25, -0.2) is 4.39 Å². The SMILES string of the molecule is COc1cc(F)cc(C2CNCCO2)c1OC1CC1. The lowest BCUT2D eigenvalue weighted by atomic mass is 10.1. The van der Waals surface area contributed by atoms with Crippen molar-refractivity contribution >= 4 is 0 Å². The maximum atomic E-state index is 13.7. The number of nitrogens with one attached hydrogen (secondary N) is 1. The van der Waals surface area contributed by atoms with E-state index in [0.717, 1.165) is 24.9 Å². The van der Waals surface area contributed by atoms with Gasteiger partial charge in [0.25, 0.3) is 0 Å². The van der Waals surface area contributed by atoms with Crippen molar-refractivity contribution in [1.82, 2.24) is 5.32 Å². The molecule has 1 atom stereocenters. The molecule has 1 aliphatic heterocycles. The summed E-state index contributed by atoms with van der Waals surface area (Å²) in [4.78, 5) is 0. The molecule has 1 aromatic carbocycles. The summed E-state index contributed by atoms with van der Waals surface area (Å²) in [5, 5.41) is 3.24. The smallest absolute Gasteiger partial charge is 0.167 e. The van der Waals surface area contributed by atoms with Crippen LogP contribution in [0.4, 0.5) is 4.39 Å². The zero-order valence-corrected chi connectivity index (χ0v) is 10.9. The Morgan fingerprint density at radius 3 is 2.84 bits per heavy atom. The average Bonchev–Trinajstić information content (AvgIpc) is 3.25. The predicted octanol–water partition coefficient (Wildman–Crippen LogP) is 2.04. The lowest BCUT2D eigenvalue weighted by Crippen LogP contribution is -2.33. The second-order valence-corrected chi connectivity index (χ2v) is 4.91. The van der Waals surface area contributed by atoms with Gasteiger partial charge in [0.1, 0.15) is 5.82 Å². The van der Waals surface area contributed by atoms with Crippen LogP contribution >= 0.6 is 0 Å². The topological polar surface area (TPSA) is 39.7 Å². The van der Waals surface area contributed by atoms with Crippen LogP contribution in [0.5, 0.6) is 11.5 Å². The standard InChI is InChI=1S/C14H18FNO3/c1-17-12-7-9(15)6-11(13-8-16-4-5-18-13)14(12)19-10-2-3-10/h6-7,10,13,16H,2-5,8H2,1H3. The quantitative estimate of drug-likeness (QED) is 0.906. The third kappa shape index (κ3) is 2.82. The molecule has 1 N–H and O–H groups in total. The van der Waals surface area contributed by atoms with Crippen LogP contribution in [0.2, 0.25) is 0 Å². The van der Waals surface area contributed by atoms with E-state index in [1.54, 1.807) is 0 Å². The maximum Gasteiger partial charge on any atom is 0.167 e. The molecule has 0 amide bonds. The molecule has 4 nitrogen and oxygen atoms in total. The molecule has 19 heavy (non-hydrogen) atoms. The Balaban J connectivity index is 1.95. The predicted molar refractivity (Wildman–Crippen MR) is 68.2 cm³/mol. The number of methoxy groups -OCH3 is 1. The molecule has 5 heteroatoms. The highest BCUT2D eigenvalue weighted by Gasteiger charge is 2.29. The summed E-state index contributed by atoms with van der Waals surface area (Å²) in [5.74, 6) is 0.736. The molecule has 1 saturated carbocycles. The maximum absolute atomic E-state index is 13.7. The van der Waals surface area contributed by atoms with E-state index in [1.807, 2.05) is 0 Å². The van der Waals surface area contributed by atoms with E-state index in [9.17, 15) is 4.39 Å². The van der Waals surface area contributed by atoms with Gasteiger partial charge in [0.2, 0.25) is 0 Å². The number of halogens is 1. The first-order valence-corrected chi connectivity index (χ1v) is 6.64. The molecule has 1 saturated heterocycles. The van der Waals surface area contributed by atoms with E-state index in [1.165, 1.54) is 19.2 Å². The highest BCUT2D eigenvalue weighted by Crippen LogP contribution is 2.41. The normalized spacial score (nSPS) is 23.2. The Morgan fingerprint density at radius 2 is 2.21 bits per heavy atom. The fourth-order valence-electron chi connectivity index (χ4n) is 2.22. The molecular formula is C14H18FNO3. The monoisotopic (exact) mass is 267 g/mol. The van der Waals surface area contributed by atoms with E-state index < -0.39 is 0 Å². The number of morpholine rings is 1. The zero-order valence-electron chi connectivity index (χ0n) is 10.9. The van der Waals surface area contributed by atoms with Crippen LogP contribution in [0.25, 0.3) is 0 Å². The van der Waals surface area contributed by atoms with Crippen LogP contribution in [0.1, 0.15) is 24.5 Å². The number of rotatable bonds is 4. The van der Waals surface area contributed by atoms with Crippen molar-refractivity contribution in [3.05, 3.63) is 23.5 Å². The minimum absolute atomic E-state index is 0.188. The Morgan fingerprint density at radius 1 is 1.37 bits per heavy atom. The molecule has 3 rings (SSSR count). The first-order chi connectivity index (χ1) is 9.28. The summed E-state index contributed by atoms with van der Waals surface area (Å²) in [6, 6.07) is 2.84. The summed E-state index contributed by atoms with van der Waals surface area (Å²) < 4.78 is 30.5. The highest BCUT2D eigenvalue weighted by molar-refractivity contribution is 5.49. The lowest BCUT2D eigenvalue weighted by Gasteiger charge is -2.26. The molecule has 0 bridgehead atoms.